The molecule has 0 atom stereocenters. The van der Waals surface area contributed by atoms with Gasteiger partial charge in [-0.15, -0.1) is 0 Å². The number of hydrogen-bond donors (Lipinski definition) is 2. The number of aromatic amines is 1. The van der Waals surface area contributed by atoms with E-state index in [0.717, 1.165) is 5.39 Å². The van der Waals surface area contributed by atoms with Gasteiger partial charge in [0.15, 0.2) is 0 Å². The quantitative estimate of drug-likeness (QED) is 0.679. The molecule has 4 nitrogen and oxygen atoms in total. The summed E-state index contributed by atoms with van der Waals surface area (Å²) in [5, 5.41) is 0.910. The number of nitrogens with one attached hydrogen (secondary N) is 1. The van der Waals surface area contributed by atoms with Crippen LogP contribution in [-0.4, -0.2) is 18.0 Å². The highest BCUT2D eigenvalue weighted by molar-refractivity contribution is 7.85. The molecule has 0 bridgehead atoms. The van der Waals surface area contributed by atoms with Gasteiger partial charge >= 0.3 is 0 Å². The van der Waals surface area contributed by atoms with E-state index in [1.165, 1.54) is 12.1 Å². The van der Waals surface area contributed by atoms with Crippen LogP contribution in [0.4, 0.5) is 0 Å². The first-order chi connectivity index (χ1) is 6.07. The van der Waals surface area contributed by atoms with Gasteiger partial charge in [-0.05, 0) is 23.6 Å². The highest BCUT2D eigenvalue weighted by atomic mass is 32.2. The molecule has 5 heteroatoms. The first-order valence-corrected chi connectivity index (χ1v) is 5.06. The van der Waals surface area contributed by atoms with Crippen LogP contribution in [0.3, 0.4) is 0 Å². The van der Waals surface area contributed by atoms with Gasteiger partial charge in [0.25, 0.3) is 10.1 Å². The zero-order chi connectivity index (χ0) is 9.47. The molecule has 0 aliphatic carbocycles. The summed E-state index contributed by atoms with van der Waals surface area (Å²) in [6.07, 6.45) is 1.71. The second-order valence-corrected chi connectivity index (χ2v) is 4.12. The van der Waals surface area contributed by atoms with Crippen LogP contribution in [0.15, 0.2) is 35.4 Å². The smallest absolute Gasteiger partial charge is 0.294 e. The zero-order valence-electron chi connectivity index (χ0n) is 6.56. The third kappa shape index (κ3) is 1.43. The molecular formula is C8H7NO3S. The first-order valence-electron chi connectivity index (χ1n) is 3.62. The maximum absolute atomic E-state index is 10.7. The summed E-state index contributed by atoms with van der Waals surface area (Å²) < 4.78 is 30.2. The lowest BCUT2D eigenvalue weighted by Crippen LogP contribution is -1.96. The molecule has 68 valence electrons. The number of benzene rings is 1. The molecule has 0 amide bonds. The van der Waals surface area contributed by atoms with Crippen LogP contribution in [0.5, 0.6) is 0 Å². The maximum atomic E-state index is 10.7. The van der Waals surface area contributed by atoms with Crippen molar-refractivity contribution in [3.63, 3.8) is 0 Å². The van der Waals surface area contributed by atoms with E-state index in [1.807, 2.05) is 6.07 Å². The minimum absolute atomic E-state index is 0.0950. The highest BCUT2D eigenvalue weighted by Gasteiger charge is 2.09. The van der Waals surface area contributed by atoms with Crippen LogP contribution in [-0.2, 0) is 10.1 Å². The third-order valence-electron chi connectivity index (χ3n) is 1.82. The van der Waals surface area contributed by atoms with Gasteiger partial charge in [-0.3, -0.25) is 4.55 Å². The summed E-state index contributed by atoms with van der Waals surface area (Å²) in [7, 11) is -4.09. The molecule has 13 heavy (non-hydrogen) atoms. The van der Waals surface area contributed by atoms with E-state index in [2.05, 4.69) is 4.98 Å². The minimum Gasteiger partial charge on any atom is -0.361 e. The van der Waals surface area contributed by atoms with Crippen molar-refractivity contribution < 1.29 is 13.0 Å². The van der Waals surface area contributed by atoms with Crippen molar-refractivity contribution in [2.75, 3.05) is 0 Å². The fraction of sp³-hybridized carbons (Fsp3) is 0. The molecular weight excluding hydrogens is 190 g/mol. The molecule has 0 saturated heterocycles. The predicted molar refractivity (Wildman–Crippen MR) is 48.1 cm³/mol. The SMILES string of the molecule is O=S(=O)(O)c1ccc2cc[nH]c2c1. The molecule has 1 aromatic carbocycles. The van der Waals surface area contributed by atoms with Gasteiger partial charge in [0.1, 0.15) is 0 Å². The summed E-state index contributed by atoms with van der Waals surface area (Å²) in [4.78, 5) is 2.76. The van der Waals surface area contributed by atoms with Gasteiger partial charge < -0.3 is 4.98 Å². The summed E-state index contributed by atoms with van der Waals surface area (Å²) in [6, 6.07) is 6.22. The summed E-state index contributed by atoms with van der Waals surface area (Å²) in [5.41, 5.74) is 0.690. The first kappa shape index (κ1) is 8.28. The maximum Gasteiger partial charge on any atom is 0.294 e. The standard InChI is InChI=1S/C8H7NO3S/c10-13(11,12)7-2-1-6-3-4-9-8(6)5-7/h1-5,9H,(H,10,11,12). The van der Waals surface area contributed by atoms with Gasteiger partial charge in [0, 0.05) is 11.7 Å². The molecule has 0 unspecified atom stereocenters. The van der Waals surface area contributed by atoms with Gasteiger partial charge in [-0.25, -0.2) is 0 Å². The van der Waals surface area contributed by atoms with Crippen LogP contribution < -0.4 is 0 Å². The Morgan fingerprint density at radius 1 is 1.23 bits per heavy atom. The molecule has 0 radical (unpaired) electrons. The van der Waals surface area contributed by atoms with Crippen LogP contribution in [0, 0.1) is 0 Å². The Morgan fingerprint density at radius 2 is 2.00 bits per heavy atom. The summed E-state index contributed by atoms with van der Waals surface area (Å²) in [5.74, 6) is 0. The summed E-state index contributed by atoms with van der Waals surface area (Å²) in [6.45, 7) is 0. The van der Waals surface area contributed by atoms with E-state index < -0.39 is 10.1 Å². The molecule has 2 aromatic rings. The van der Waals surface area contributed by atoms with Crippen molar-refractivity contribution in [3.8, 4) is 0 Å². The zero-order valence-corrected chi connectivity index (χ0v) is 7.38. The molecule has 0 fully saturated rings. The Bertz CT molecular complexity index is 541. The van der Waals surface area contributed by atoms with Crippen molar-refractivity contribution in [3.05, 3.63) is 30.5 Å². The second kappa shape index (κ2) is 2.58. The van der Waals surface area contributed by atoms with E-state index in [4.69, 9.17) is 4.55 Å². The average Bonchev–Trinajstić information content (AvgIpc) is 2.47. The van der Waals surface area contributed by atoms with E-state index in [9.17, 15) is 8.42 Å². The molecule has 0 saturated carbocycles. The molecule has 2 rings (SSSR count). The van der Waals surface area contributed by atoms with Crippen molar-refractivity contribution >= 4 is 21.0 Å². The minimum atomic E-state index is -4.09. The van der Waals surface area contributed by atoms with Gasteiger partial charge in [0.05, 0.1) is 4.90 Å². The lowest BCUT2D eigenvalue weighted by molar-refractivity contribution is 0.483. The van der Waals surface area contributed by atoms with Gasteiger partial charge in [-0.1, -0.05) is 6.07 Å². The normalized spacial score (nSPS) is 12.1. The molecule has 0 aliphatic rings. The Labute approximate surface area is 75.0 Å². The van der Waals surface area contributed by atoms with Gasteiger partial charge in [0.2, 0.25) is 0 Å². The Kier molecular flexibility index (Phi) is 1.64. The lowest BCUT2D eigenvalue weighted by atomic mass is 10.2. The van der Waals surface area contributed by atoms with Crippen LogP contribution >= 0.6 is 0 Å². The Balaban J connectivity index is 2.75. The molecule has 1 aromatic heterocycles. The molecule has 0 aliphatic heterocycles. The average molecular weight is 197 g/mol. The monoisotopic (exact) mass is 197 g/mol. The predicted octanol–water partition coefficient (Wildman–Crippen LogP) is 1.41. The van der Waals surface area contributed by atoms with Crippen LogP contribution in [0.1, 0.15) is 0 Å². The van der Waals surface area contributed by atoms with Crippen molar-refractivity contribution in [1.29, 1.82) is 0 Å². The molecule has 1 heterocycles. The van der Waals surface area contributed by atoms with E-state index in [1.54, 1.807) is 12.3 Å². The number of rotatable bonds is 1. The fourth-order valence-corrected chi connectivity index (χ4v) is 1.69. The topological polar surface area (TPSA) is 70.2 Å². The van der Waals surface area contributed by atoms with Crippen LogP contribution in [0.2, 0.25) is 0 Å². The Morgan fingerprint density at radius 3 is 2.69 bits per heavy atom. The third-order valence-corrected chi connectivity index (χ3v) is 2.67. The van der Waals surface area contributed by atoms with Crippen molar-refractivity contribution in [2.24, 2.45) is 0 Å². The molecule has 2 N–H and O–H groups in total. The number of fused-ring (bicyclic) bond motifs is 1. The second-order valence-electron chi connectivity index (χ2n) is 2.70. The lowest BCUT2D eigenvalue weighted by Gasteiger charge is -1.95. The molecule has 0 spiro atoms. The number of aromatic nitrogens is 1. The number of H-pyrrole nitrogens is 1. The van der Waals surface area contributed by atoms with E-state index >= 15 is 0 Å². The largest absolute Gasteiger partial charge is 0.361 e. The van der Waals surface area contributed by atoms with E-state index in [0.29, 0.717) is 5.52 Å². The van der Waals surface area contributed by atoms with Crippen molar-refractivity contribution in [1.82, 2.24) is 4.98 Å². The number of hydrogen-bond acceptors (Lipinski definition) is 2. The van der Waals surface area contributed by atoms with Crippen molar-refractivity contribution in [2.45, 2.75) is 4.90 Å². The van der Waals surface area contributed by atoms with Gasteiger partial charge in [-0.2, -0.15) is 8.42 Å². The van der Waals surface area contributed by atoms with E-state index in [-0.39, 0.29) is 4.90 Å². The highest BCUT2D eigenvalue weighted by Crippen LogP contribution is 2.17. The van der Waals surface area contributed by atoms with Crippen LogP contribution in [0.25, 0.3) is 10.9 Å². The summed E-state index contributed by atoms with van der Waals surface area (Å²) >= 11 is 0. The fourth-order valence-electron chi connectivity index (χ4n) is 1.19. The Hall–Kier alpha value is -1.33.